The van der Waals surface area contributed by atoms with E-state index in [9.17, 15) is 19.2 Å². The zero-order valence-electron chi connectivity index (χ0n) is 20.8. The lowest BCUT2D eigenvalue weighted by molar-refractivity contribution is -0.142. The Morgan fingerprint density at radius 3 is 2.17 bits per heavy atom. The van der Waals surface area contributed by atoms with Crippen LogP contribution in [0.5, 0.6) is 0 Å². The van der Waals surface area contributed by atoms with Crippen LogP contribution in [0.2, 0.25) is 0 Å². The molecule has 1 fully saturated rings. The minimum Gasteiger partial charge on any atom is -0.480 e. The molecule has 10 nitrogen and oxygen atoms in total. The van der Waals surface area contributed by atoms with Crippen LogP contribution < -0.4 is 16.0 Å². The Bertz CT molecular complexity index is 842. The monoisotopic (exact) mass is 490 g/mol. The van der Waals surface area contributed by atoms with Crippen LogP contribution in [0.3, 0.4) is 0 Å². The van der Waals surface area contributed by atoms with Gasteiger partial charge in [-0.3, -0.25) is 24.1 Å². The van der Waals surface area contributed by atoms with E-state index in [2.05, 4.69) is 16.0 Å². The standard InChI is InChI=1S/C25H38N4O6/c1-17(2)15-21(24(32)26-18(3)25(33)34)28-23(31)20(10-9-19-7-5-4-6-8-19)27-22(30)16-29-11-13-35-14-12-29/h4-8,17-18,20-21H,9-16H2,1-3H3,(H,26,32)(H,27,30)(H,28,31)(H,33,34)/t18-,20-,21?/m0/s1. The van der Waals surface area contributed by atoms with E-state index in [1.807, 2.05) is 49.1 Å². The molecule has 1 aliphatic rings. The number of aliphatic carboxylic acids is 1. The molecule has 3 amide bonds. The Morgan fingerprint density at radius 2 is 1.57 bits per heavy atom. The van der Waals surface area contributed by atoms with Crippen LogP contribution in [0.4, 0.5) is 0 Å². The first-order valence-electron chi connectivity index (χ1n) is 12.1. The number of carboxylic acids is 1. The first-order chi connectivity index (χ1) is 16.7. The molecule has 4 N–H and O–H groups in total. The third-order valence-electron chi connectivity index (χ3n) is 5.76. The van der Waals surface area contributed by atoms with E-state index < -0.39 is 35.9 Å². The van der Waals surface area contributed by atoms with Gasteiger partial charge in [-0.15, -0.1) is 0 Å². The summed E-state index contributed by atoms with van der Waals surface area (Å²) in [6.45, 7) is 7.75. The number of morpholine rings is 1. The minimum absolute atomic E-state index is 0.0739. The van der Waals surface area contributed by atoms with Crippen LogP contribution in [-0.4, -0.2) is 84.7 Å². The van der Waals surface area contributed by atoms with E-state index in [-0.39, 0.29) is 18.4 Å². The summed E-state index contributed by atoms with van der Waals surface area (Å²) >= 11 is 0. The summed E-state index contributed by atoms with van der Waals surface area (Å²) in [6, 6.07) is 6.78. The number of nitrogens with one attached hydrogen (secondary N) is 3. The van der Waals surface area contributed by atoms with E-state index in [1.165, 1.54) is 6.92 Å². The van der Waals surface area contributed by atoms with Crippen molar-refractivity contribution in [1.29, 1.82) is 0 Å². The van der Waals surface area contributed by atoms with Crippen molar-refractivity contribution in [3.8, 4) is 0 Å². The number of carbonyl (C=O) groups is 4. The Morgan fingerprint density at radius 1 is 0.943 bits per heavy atom. The van der Waals surface area contributed by atoms with Gasteiger partial charge in [0.15, 0.2) is 0 Å². The maximum absolute atomic E-state index is 13.3. The highest BCUT2D eigenvalue weighted by Gasteiger charge is 2.29. The molecule has 0 saturated carbocycles. The number of carbonyl (C=O) groups excluding carboxylic acids is 3. The fraction of sp³-hybridized carbons (Fsp3) is 0.600. The van der Waals surface area contributed by atoms with Crippen molar-refractivity contribution in [1.82, 2.24) is 20.9 Å². The smallest absolute Gasteiger partial charge is 0.325 e. The quantitative estimate of drug-likeness (QED) is 0.317. The molecule has 10 heteroatoms. The van der Waals surface area contributed by atoms with Gasteiger partial charge in [0.2, 0.25) is 17.7 Å². The summed E-state index contributed by atoms with van der Waals surface area (Å²) in [6.07, 6.45) is 1.25. The lowest BCUT2D eigenvalue weighted by Crippen LogP contribution is -2.56. The van der Waals surface area contributed by atoms with Crippen LogP contribution in [0.25, 0.3) is 0 Å². The molecule has 2 rings (SSSR count). The molecule has 0 radical (unpaired) electrons. The lowest BCUT2D eigenvalue weighted by Gasteiger charge is -2.28. The third-order valence-corrected chi connectivity index (χ3v) is 5.76. The van der Waals surface area contributed by atoms with Crippen molar-refractivity contribution in [2.75, 3.05) is 32.8 Å². The topological polar surface area (TPSA) is 137 Å². The molecule has 194 valence electrons. The number of amides is 3. The highest BCUT2D eigenvalue weighted by molar-refractivity contribution is 5.93. The highest BCUT2D eigenvalue weighted by Crippen LogP contribution is 2.09. The van der Waals surface area contributed by atoms with Crippen molar-refractivity contribution in [3.63, 3.8) is 0 Å². The summed E-state index contributed by atoms with van der Waals surface area (Å²) in [4.78, 5) is 51.8. The van der Waals surface area contributed by atoms with E-state index in [1.54, 1.807) is 0 Å². The molecule has 1 saturated heterocycles. The molecule has 1 unspecified atom stereocenters. The van der Waals surface area contributed by atoms with Gasteiger partial charge < -0.3 is 25.8 Å². The predicted molar refractivity (Wildman–Crippen MR) is 131 cm³/mol. The summed E-state index contributed by atoms with van der Waals surface area (Å²) in [5.74, 6) is -2.40. The first kappa shape index (κ1) is 28.3. The maximum atomic E-state index is 13.3. The van der Waals surface area contributed by atoms with Crippen molar-refractivity contribution in [2.24, 2.45) is 5.92 Å². The van der Waals surface area contributed by atoms with E-state index >= 15 is 0 Å². The molecule has 1 aromatic rings. The van der Waals surface area contributed by atoms with Gasteiger partial charge in [0.05, 0.1) is 19.8 Å². The van der Waals surface area contributed by atoms with Gasteiger partial charge in [-0.2, -0.15) is 0 Å². The third kappa shape index (κ3) is 10.4. The molecule has 1 heterocycles. The molecule has 1 aromatic carbocycles. The fourth-order valence-electron chi connectivity index (χ4n) is 3.78. The van der Waals surface area contributed by atoms with Gasteiger partial charge in [-0.25, -0.2) is 0 Å². The molecular weight excluding hydrogens is 452 g/mol. The number of nitrogens with zero attached hydrogens (tertiary/aromatic N) is 1. The number of rotatable bonds is 13. The predicted octanol–water partition coefficient (Wildman–Crippen LogP) is 0.556. The fourth-order valence-corrected chi connectivity index (χ4v) is 3.78. The molecule has 0 spiro atoms. The number of benzene rings is 1. The van der Waals surface area contributed by atoms with E-state index in [0.29, 0.717) is 45.6 Å². The zero-order valence-corrected chi connectivity index (χ0v) is 20.8. The number of carboxylic acid groups (broad SMARTS) is 1. The van der Waals surface area contributed by atoms with Gasteiger partial charge in [0, 0.05) is 13.1 Å². The average Bonchev–Trinajstić information content (AvgIpc) is 2.82. The van der Waals surface area contributed by atoms with E-state index in [4.69, 9.17) is 9.84 Å². The van der Waals surface area contributed by atoms with Crippen LogP contribution in [0.15, 0.2) is 30.3 Å². The Balaban J connectivity index is 2.09. The molecular formula is C25H38N4O6. The SMILES string of the molecule is CC(C)CC(NC(=O)[C@H](CCc1ccccc1)NC(=O)CN1CCOCC1)C(=O)N[C@@H](C)C(=O)O. The van der Waals surface area contributed by atoms with E-state index in [0.717, 1.165) is 5.56 Å². The van der Waals surface area contributed by atoms with Crippen molar-refractivity contribution in [3.05, 3.63) is 35.9 Å². The van der Waals surface area contributed by atoms with Gasteiger partial charge in [-0.05, 0) is 37.7 Å². The second-order valence-corrected chi connectivity index (χ2v) is 9.29. The number of hydrogen-bond donors (Lipinski definition) is 4. The highest BCUT2D eigenvalue weighted by atomic mass is 16.5. The molecule has 0 aliphatic carbocycles. The van der Waals surface area contributed by atoms with Gasteiger partial charge in [0.25, 0.3) is 0 Å². The van der Waals surface area contributed by atoms with Gasteiger partial charge in [-0.1, -0.05) is 44.2 Å². The summed E-state index contributed by atoms with van der Waals surface area (Å²) in [5.41, 5.74) is 1.03. The van der Waals surface area contributed by atoms with Crippen molar-refractivity contribution in [2.45, 2.75) is 58.2 Å². The summed E-state index contributed by atoms with van der Waals surface area (Å²) in [5, 5.41) is 17.1. The zero-order chi connectivity index (χ0) is 25.8. The van der Waals surface area contributed by atoms with Crippen molar-refractivity contribution < 1.29 is 29.0 Å². The Kier molecular flexibility index (Phi) is 11.6. The minimum atomic E-state index is -1.16. The Labute approximate surface area is 206 Å². The summed E-state index contributed by atoms with van der Waals surface area (Å²) in [7, 11) is 0. The largest absolute Gasteiger partial charge is 0.480 e. The van der Waals surface area contributed by atoms with Crippen LogP contribution in [0, 0.1) is 5.92 Å². The maximum Gasteiger partial charge on any atom is 0.325 e. The average molecular weight is 491 g/mol. The number of aryl methyl sites for hydroxylation is 1. The van der Waals surface area contributed by atoms with Crippen LogP contribution in [-0.2, 0) is 30.3 Å². The lowest BCUT2D eigenvalue weighted by atomic mass is 10.0. The van der Waals surface area contributed by atoms with Gasteiger partial charge in [0.1, 0.15) is 18.1 Å². The summed E-state index contributed by atoms with van der Waals surface area (Å²) < 4.78 is 5.32. The van der Waals surface area contributed by atoms with Crippen LogP contribution >= 0.6 is 0 Å². The molecule has 1 aliphatic heterocycles. The molecule has 35 heavy (non-hydrogen) atoms. The van der Waals surface area contributed by atoms with Crippen LogP contribution in [0.1, 0.15) is 39.2 Å². The second kappa shape index (κ2) is 14.4. The normalized spacial score (nSPS) is 16.7. The number of ether oxygens (including phenoxy) is 1. The molecule has 0 aromatic heterocycles. The van der Waals surface area contributed by atoms with Gasteiger partial charge >= 0.3 is 5.97 Å². The first-order valence-corrected chi connectivity index (χ1v) is 12.1. The Hall–Kier alpha value is -2.98. The van der Waals surface area contributed by atoms with Crippen molar-refractivity contribution >= 4 is 23.7 Å². The number of hydrogen-bond acceptors (Lipinski definition) is 6. The molecule has 3 atom stereocenters. The molecule has 0 bridgehead atoms. The second-order valence-electron chi connectivity index (χ2n) is 9.29.